The van der Waals surface area contributed by atoms with Crippen molar-refractivity contribution in [3.05, 3.63) is 71.5 Å². The summed E-state index contributed by atoms with van der Waals surface area (Å²) in [4.78, 5) is 9.23. The van der Waals surface area contributed by atoms with Crippen molar-refractivity contribution in [2.24, 2.45) is 0 Å². The first-order valence-corrected chi connectivity index (χ1v) is 7.47. The van der Waals surface area contributed by atoms with Gasteiger partial charge in [0.25, 0.3) is 0 Å². The van der Waals surface area contributed by atoms with Crippen molar-refractivity contribution in [1.29, 1.82) is 0 Å². The summed E-state index contributed by atoms with van der Waals surface area (Å²) in [5, 5.41) is 6.67. The number of hydrogen-bond donors (Lipinski definition) is 0. The Balaban J connectivity index is 2.09. The van der Waals surface area contributed by atoms with Gasteiger partial charge in [0.15, 0.2) is 5.69 Å². The second-order valence-electron chi connectivity index (χ2n) is 4.81. The van der Waals surface area contributed by atoms with E-state index in [2.05, 4.69) is 33.4 Å². The van der Waals surface area contributed by atoms with Gasteiger partial charge in [0.2, 0.25) is 0 Å². The monoisotopic (exact) mass is 286 g/mol. The first-order chi connectivity index (χ1) is 10.4. The molecule has 0 aliphatic rings. The van der Waals surface area contributed by atoms with E-state index in [1.807, 2.05) is 36.5 Å². The minimum Gasteiger partial charge on any atom is -0.255 e. The third-order valence-corrected chi connectivity index (χ3v) is 4.51. The number of fused-ring (bicyclic) bond motifs is 3. The Bertz CT molecular complexity index is 995. The maximum Gasteiger partial charge on any atom is 0.187 e. The van der Waals surface area contributed by atoms with Gasteiger partial charge in [-0.2, -0.15) is 0 Å². The molecule has 2 heterocycles. The second kappa shape index (κ2) is 4.69. The molecule has 4 aromatic rings. The number of hydrogen-bond acceptors (Lipinski definition) is 2. The van der Waals surface area contributed by atoms with E-state index in [4.69, 9.17) is 6.57 Å². The van der Waals surface area contributed by atoms with Crippen LogP contribution >= 0.6 is 11.3 Å². The average molecular weight is 286 g/mol. The maximum absolute atomic E-state index is 7.13. The highest BCUT2D eigenvalue weighted by atomic mass is 32.1. The lowest BCUT2D eigenvalue weighted by atomic mass is 10.0. The summed E-state index contributed by atoms with van der Waals surface area (Å²) in [5.74, 6) is 0. The molecule has 0 radical (unpaired) electrons. The summed E-state index contributed by atoms with van der Waals surface area (Å²) < 4.78 is 0. The Hall–Kier alpha value is -2.70. The predicted octanol–water partition coefficient (Wildman–Crippen LogP) is 5.67. The van der Waals surface area contributed by atoms with E-state index in [9.17, 15) is 0 Å². The largest absolute Gasteiger partial charge is 0.255 e. The minimum absolute atomic E-state index is 0.675. The first-order valence-electron chi connectivity index (χ1n) is 6.59. The highest BCUT2D eigenvalue weighted by Gasteiger charge is 2.08. The fraction of sp³-hybridized carbons (Fsp3) is 0. The lowest BCUT2D eigenvalue weighted by molar-refractivity contribution is 1.37. The SMILES string of the molecule is [C-]#[N+]c1ccc2c(ccc3c(-c4cccs4)nccc32)c1. The minimum atomic E-state index is 0.675. The standard InChI is InChI=1S/C18H10N2S/c1-19-13-5-7-14-12(11-13)4-6-16-15(14)8-9-20-18(16)17-3-2-10-21-17/h2-11H. The molecule has 0 atom stereocenters. The Labute approximate surface area is 126 Å². The van der Waals surface area contributed by atoms with Gasteiger partial charge in [0.1, 0.15) is 0 Å². The molecule has 4 rings (SSSR count). The fourth-order valence-electron chi connectivity index (χ4n) is 2.66. The van der Waals surface area contributed by atoms with E-state index in [1.165, 1.54) is 15.6 Å². The molecule has 0 saturated carbocycles. The van der Waals surface area contributed by atoms with E-state index < -0.39 is 0 Å². The normalized spacial score (nSPS) is 10.8. The molecular formula is C18H10N2S. The lowest BCUT2D eigenvalue weighted by Gasteiger charge is -2.07. The Morgan fingerprint density at radius 3 is 2.67 bits per heavy atom. The van der Waals surface area contributed by atoms with Crippen molar-refractivity contribution >= 4 is 38.6 Å². The highest BCUT2D eigenvalue weighted by Crippen LogP contribution is 2.34. The second-order valence-corrected chi connectivity index (χ2v) is 5.76. The molecule has 2 aromatic carbocycles. The van der Waals surface area contributed by atoms with Crippen LogP contribution in [-0.4, -0.2) is 4.98 Å². The van der Waals surface area contributed by atoms with Crippen LogP contribution in [0.25, 0.3) is 37.0 Å². The molecule has 2 nitrogen and oxygen atoms in total. The van der Waals surface area contributed by atoms with Gasteiger partial charge in [0.05, 0.1) is 17.1 Å². The zero-order valence-corrected chi connectivity index (χ0v) is 11.9. The Morgan fingerprint density at radius 2 is 1.86 bits per heavy atom. The van der Waals surface area contributed by atoms with E-state index in [1.54, 1.807) is 11.3 Å². The predicted molar refractivity (Wildman–Crippen MR) is 88.8 cm³/mol. The molecule has 0 amide bonds. The fourth-order valence-corrected chi connectivity index (χ4v) is 3.40. The summed E-state index contributed by atoms with van der Waals surface area (Å²) in [6, 6.07) is 16.2. The Morgan fingerprint density at radius 1 is 0.952 bits per heavy atom. The molecule has 0 saturated heterocycles. The van der Waals surface area contributed by atoms with Crippen LogP contribution in [-0.2, 0) is 0 Å². The van der Waals surface area contributed by atoms with Gasteiger partial charge in [-0.15, -0.1) is 11.3 Å². The summed E-state index contributed by atoms with van der Waals surface area (Å²) in [7, 11) is 0. The zero-order chi connectivity index (χ0) is 14.2. The molecule has 0 aliphatic heterocycles. The molecule has 0 fully saturated rings. The molecule has 98 valence electrons. The van der Waals surface area contributed by atoms with Crippen molar-refractivity contribution in [3.8, 4) is 10.6 Å². The van der Waals surface area contributed by atoms with Crippen LogP contribution in [0, 0.1) is 6.57 Å². The molecule has 0 bridgehead atoms. The topological polar surface area (TPSA) is 17.2 Å². The molecule has 21 heavy (non-hydrogen) atoms. The van der Waals surface area contributed by atoms with Crippen LogP contribution in [0.4, 0.5) is 5.69 Å². The lowest BCUT2D eigenvalue weighted by Crippen LogP contribution is -1.85. The first kappa shape index (κ1) is 12.1. The van der Waals surface area contributed by atoms with Gasteiger partial charge in [-0.1, -0.05) is 30.3 Å². The summed E-state index contributed by atoms with van der Waals surface area (Å²) in [5.41, 5.74) is 1.70. The van der Waals surface area contributed by atoms with Crippen molar-refractivity contribution in [2.75, 3.05) is 0 Å². The summed E-state index contributed by atoms with van der Waals surface area (Å²) >= 11 is 1.70. The highest BCUT2D eigenvalue weighted by molar-refractivity contribution is 7.13. The van der Waals surface area contributed by atoms with E-state index >= 15 is 0 Å². The number of aromatic nitrogens is 1. The molecule has 2 aromatic heterocycles. The van der Waals surface area contributed by atoms with Gasteiger partial charge in [-0.25, -0.2) is 4.85 Å². The molecular weight excluding hydrogens is 276 g/mol. The molecule has 0 unspecified atom stereocenters. The van der Waals surface area contributed by atoms with Crippen LogP contribution in [0.5, 0.6) is 0 Å². The van der Waals surface area contributed by atoms with Crippen LogP contribution in [0.15, 0.2) is 60.1 Å². The summed E-state index contributed by atoms with van der Waals surface area (Å²) in [6.07, 6.45) is 1.86. The van der Waals surface area contributed by atoms with Gasteiger partial charge >= 0.3 is 0 Å². The number of rotatable bonds is 1. The van der Waals surface area contributed by atoms with Gasteiger partial charge in [0, 0.05) is 11.6 Å². The number of thiophene rings is 1. The van der Waals surface area contributed by atoms with Crippen molar-refractivity contribution in [2.45, 2.75) is 0 Å². The quantitative estimate of drug-likeness (QED) is 0.325. The van der Waals surface area contributed by atoms with Crippen LogP contribution in [0.2, 0.25) is 0 Å². The number of nitrogens with zero attached hydrogens (tertiary/aromatic N) is 2. The molecule has 0 N–H and O–H groups in total. The van der Waals surface area contributed by atoms with Crippen LogP contribution in [0.3, 0.4) is 0 Å². The smallest absolute Gasteiger partial charge is 0.187 e. The van der Waals surface area contributed by atoms with Gasteiger partial charge < -0.3 is 0 Å². The average Bonchev–Trinajstić information content (AvgIpc) is 3.07. The Kier molecular flexibility index (Phi) is 2.70. The van der Waals surface area contributed by atoms with Gasteiger partial charge in [-0.05, 0) is 39.7 Å². The zero-order valence-electron chi connectivity index (χ0n) is 11.1. The van der Waals surface area contributed by atoms with Crippen molar-refractivity contribution in [1.82, 2.24) is 4.98 Å². The van der Waals surface area contributed by atoms with Crippen molar-refractivity contribution in [3.63, 3.8) is 0 Å². The van der Waals surface area contributed by atoms with E-state index in [-0.39, 0.29) is 0 Å². The maximum atomic E-state index is 7.13. The van der Waals surface area contributed by atoms with Gasteiger partial charge in [-0.3, -0.25) is 4.98 Å². The molecule has 3 heteroatoms. The third kappa shape index (κ3) is 1.89. The number of benzene rings is 2. The van der Waals surface area contributed by atoms with Crippen LogP contribution in [0.1, 0.15) is 0 Å². The van der Waals surface area contributed by atoms with E-state index in [0.717, 1.165) is 16.5 Å². The van der Waals surface area contributed by atoms with Crippen LogP contribution < -0.4 is 0 Å². The van der Waals surface area contributed by atoms with Crippen molar-refractivity contribution < 1.29 is 0 Å². The number of pyridine rings is 1. The molecule has 0 aliphatic carbocycles. The van der Waals surface area contributed by atoms with E-state index in [0.29, 0.717) is 5.69 Å². The summed E-state index contributed by atoms with van der Waals surface area (Å²) in [6.45, 7) is 7.13. The molecule has 0 spiro atoms. The third-order valence-electron chi connectivity index (χ3n) is 3.63.